The molecule has 2 rings (SSSR count). The molecule has 0 saturated heterocycles. The lowest BCUT2D eigenvalue weighted by molar-refractivity contribution is 0.0211. The number of carbonyl (C=O) groups is 1. The van der Waals surface area contributed by atoms with Crippen LogP contribution in [0.4, 0.5) is 4.79 Å². The third-order valence-electron chi connectivity index (χ3n) is 3.42. The number of aryl methyl sites for hydroxylation is 2. The summed E-state index contributed by atoms with van der Waals surface area (Å²) in [6.07, 6.45) is 2.84. The molecule has 1 atom stereocenters. The third kappa shape index (κ3) is 3.50. The van der Waals surface area contributed by atoms with Crippen LogP contribution in [-0.2, 0) is 17.6 Å². The second kappa shape index (κ2) is 5.16. The van der Waals surface area contributed by atoms with E-state index in [-0.39, 0.29) is 12.1 Å². The number of fused-ring (bicyclic) bond motifs is 1. The highest BCUT2D eigenvalue weighted by Crippen LogP contribution is 2.31. The predicted octanol–water partition coefficient (Wildman–Crippen LogP) is 3.78. The van der Waals surface area contributed by atoms with Crippen LogP contribution in [0.5, 0.6) is 0 Å². The third-order valence-corrected chi connectivity index (χ3v) is 4.53. The maximum absolute atomic E-state index is 12.1. The fraction of sp³-hybridized carbons (Fsp3) is 0.667. The van der Waals surface area contributed by atoms with Crippen molar-refractivity contribution in [1.29, 1.82) is 0 Å². The quantitative estimate of drug-likeness (QED) is 0.784. The van der Waals surface area contributed by atoms with E-state index in [9.17, 15) is 4.79 Å². The Kier molecular flexibility index (Phi) is 3.90. The van der Waals surface area contributed by atoms with Gasteiger partial charge in [0.15, 0.2) is 0 Å². The lowest BCUT2D eigenvalue weighted by Crippen LogP contribution is -2.43. The number of rotatable bonds is 1. The topological polar surface area (TPSA) is 29.5 Å². The van der Waals surface area contributed by atoms with E-state index < -0.39 is 5.60 Å². The van der Waals surface area contributed by atoms with Crippen LogP contribution in [0.1, 0.15) is 42.5 Å². The van der Waals surface area contributed by atoms with Gasteiger partial charge in [-0.15, -0.1) is 11.3 Å². The molecule has 0 N–H and O–H groups in total. The second-order valence-corrected chi connectivity index (χ2v) is 7.63. The second-order valence-electron chi connectivity index (χ2n) is 6.29. The van der Waals surface area contributed by atoms with Crippen LogP contribution in [0.3, 0.4) is 0 Å². The molecule has 0 aromatic carbocycles. The fourth-order valence-corrected chi connectivity index (χ4v) is 3.61. The van der Waals surface area contributed by atoms with Crippen molar-refractivity contribution < 1.29 is 9.53 Å². The number of thiophene rings is 1. The zero-order chi connectivity index (χ0) is 14.2. The summed E-state index contributed by atoms with van der Waals surface area (Å²) in [6, 6.07) is 2.55. The number of likely N-dealkylation sites (N-methyl/N-ethyl adjacent to an activating group) is 1. The standard InChI is InChI=1S/C15H23NO2S/c1-10-8-11-6-7-12(9-13(11)19-10)16(5)14(17)18-15(2,3)4/h8,12H,6-7,9H2,1-5H3. The molecule has 0 spiro atoms. The molecule has 1 heterocycles. The molecule has 1 aliphatic carbocycles. The van der Waals surface area contributed by atoms with Gasteiger partial charge in [-0.25, -0.2) is 4.79 Å². The van der Waals surface area contributed by atoms with Gasteiger partial charge in [0.2, 0.25) is 0 Å². The number of hydrogen-bond donors (Lipinski definition) is 0. The Morgan fingerprint density at radius 2 is 2.16 bits per heavy atom. The van der Waals surface area contributed by atoms with E-state index in [0.29, 0.717) is 0 Å². The van der Waals surface area contributed by atoms with Crippen molar-refractivity contribution in [2.45, 2.75) is 58.6 Å². The minimum atomic E-state index is -0.426. The average molecular weight is 281 g/mol. The van der Waals surface area contributed by atoms with Crippen LogP contribution < -0.4 is 0 Å². The van der Waals surface area contributed by atoms with Crippen molar-refractivity contribution in [3.05, 3.63) is 21.4 Å². The Morgan fingerprint density at radius 1 is 1.47 bits per heavy atom. The van der Waals surface area contributed by atoms with Crippen molar-refractivity contribution >= 4 is 17.4 Å². The van der Waals surface area contributed by atoms with E-state index in [0.717, 1.165) is 19.3 Å². The predicted molar refractivity (Wildman–Crippen MR) is 78.9 cm³/mol. The zero-order valence-electron chi connectivity index (χ0n) is 12.4. The van der Waals surface area contributed by atoms with Crippen LogP contribution >= 0.6 is 11.3 Å². The molecular formula is C15H23NO2S. The Balaban J connectivity index is 2.02. The average Bonchev–Trinajstić information content (AvgIpc) is 2.64. The summed E-state index contributed by atoms with van der Waals surface area (Å²) in [4.78, 5) is 16.7. The van der Waals surface area contributed by atoms with Crippen molar-refractivity contribution in [2.24, 2.45) is 0 Å². The number of ether oxygens (including phenoxy) is 1. The molecule has 0 bridgehead atoms. The smallest absolute Gasteiger partial charge is 0.410 e. The molecule has 1 aliphatic rings. The molecule has 1 amide bonds. The first-order valence-electron chi connectivity index (χ1n) is 6.80. The summed E-state index contributed by atoms with van der Waals surface area (Å²) in [5.41, 5.74) is 1.04. The van der Waals surface area contributed by atoms with Crippen molar-refractivity contribution in [3.63, 3.8) is 0 Å². The van der Waals surface area contributed by atoms with E-state index in [1.807, 2.05) is 39.2 Å². The molecule has 1 aromatic rings. The molecule has 0 radical (unpaired) electrons. The number of carbonyl (C=O) groups excluding carboxylic acids is 1. The Labute approximate surface area is 119 Å². The minimum Gasteiger partial charge on any atom is -0.444 e. The van der Waals surface area contributed by atoms with E-state index in [4.69, 9.17) is 4.74 Å². The van der Waals surface area contributed by atoms with E-state index in [1.165, 1.54) is 15.3 Å². The van der Waals surface area contributed by atoms with Gasteiger partial charge in [-0.1, -0.05) is 0 Å². The largest absolute Gasteiger partial charge is 0.444 e. The monoisotopic (exact) mass is 281 g/mol. The molecule has 106 valence electrons. The maximum Gasteiger partial charge on any atom is 0.410 e. The summed E-state index contributed by atoms with van der Waals surface area (Å²) in [5.74, 6) is 0. The number of hydrogen-bond acceptors (Lipinski definition) is 3. The summed E-state index contributed by atoms with van der Waals surface area (Å²) in [7, 11) is 1.85. The zero-order valence-corrected chi connectivity index (χ0v) is 13.3. The Morgan fingerprint density at radius 3 is 2.79 bits per heavy atom. The van der Waals surface area contributed by atoms with Crippen LogP contribution in [0, 0.1) is 6.92 Å². The molecule has 19 heavy (non-hydrogen) atoms. The maximum atomic E-state index is 12.1. The van der Waals surface area contributed by atoms with Gasteiger partial charge in [0.05, 0.1) is 0 Å². The van der Waals surface area contributed by atoms with Crippen molar-refractivity contribution in [1.82, 2.24) is 4.90 Å². The van der Waals surface area contributed by atoms with Crippen molar-refractivity contribution in [3.8, 4) is 0 Å². The minimum absolute atomic E-state index is 0.214. The fourth-order valence-electron chi connectivity index (χ4n) is 2.45. The Bertz CT molecular complexity index is 473. The molecule has 1 aromatic heterocycles. The summed E-state index contributed by atoms with van der Waals surface area (Å²) >= 11 is 1.86. The lowest BCUT2D eigenvalue weighted by atomic mass is 9.94. The summed E-state index contributed by atoms with van der Waals surface area (Å²) in [6.45, 7) is 7.86. The molecule has 0 fully saturated rings. The molecule has 3 nitrogen and oxygen atoms in total. The van der Waals surface area contributed by atoms with Gasteiger partial charge in [0.1, 0.15) is 5.60 Å². The molecule has 0 aliphatic heterocycles. The van der Waals surface area contributed by atoms with Gasteiger partial charge in [-0.2, -0.15) is 0 Å². The van der Waals surface area contributed by atoms with E-state index in [1.54, 1.807) is 4.90 Å². The Hall–Kier alpha value is -1.03. The van der Waals surface area contributed by atoms with Gasteiger partial charge >= 0.3 is 6.09 Å². The van der Waals surface area contributed by atoms with Gasteiger partial charge in [-0.3, -0.25) is 0 Å². The van der Waals surface area contributed by atoms with E-state index in [2.05, 4.69) is 13.0 Å². The highest BCUT2D eigenvalue weighted by Gasteiger charge is 2.29. The van der Waals surface area contributed by atoms with Crippen LogP contribution in [0.2, 0.25) is 0 Å². The van der Waals surface area contributed by atoms with Crippen LogP contribution in [0.25, 0.3) is 0 Å². The van der Waals surface area contributed by atoms with Gasteiger partial charge in [-0.05, 0) is 52.2 Å². The lowest BCUT2D eigenvalue weighted by Gasteiger charge is -2.32. The molecule has 0 saturated carbocycles. The van der Waals surface area contributed by atoms with Crippen LogP contribution in [-0.4, -0.2) is 29.7 Å². The first-order valence-corrected chi connectivity index (χ1v) is 7.62. The highest BCUT2D eigenvalue weighted by atomic mass is 32.1. The SMILES string of the molecule is Cc1cc2c(s1)CC(N(C)C(=O)OC(C)(C)C)CC2. The first kappa shape index (κ1) is 14.4. The molecular weight excluding hydrogens is 258 g/mol. The number of nitrogens with zero attached hydrogens (tertiary/aromatic N) is 1. The van der Waals surface area contributed by atoms with Gasteiger partial charge in [0.25, 0.3) is 0 Å². The molecule has 1 unspecified atom stereocenters. The normalized spacial score (nSPS) is 18.9. The summed E-state index contributed by atoms with van der Waals surface area (Å²) in [5, 5.41) is 0. The number of amides is 1. The van der Waals surface area contributed by atoms with Gasteiger partial charge in [0, 0.05) is 29.3 Å². The summed E-state index contributed by atoms with van der Waals surface area (Å²) < 4.78 is 5.44. The van der Waals surface area contributed by atoms with Crippen molar-refractivity contribution in [2.75, 3.05) is 7.05 Å². The van der Waals surface area contributed by atoms with Gasteiger partial charge < -0.3 is 9.64 Å². The highest BCUT2D eigenvalue weighted by molar-refractivity contribution is 7.12. The first-order chi connectivity index (χ1) is 8.76. The molecule has 4 heteroatoms. The van der Waals surface area contributed by atoms with E-state index >= 15 is 0 Å². The van der Waals surface area contributed by atoms with Crippen LogP contribution in [0.15, 0.2) is 6.07 Å².